The minimum absolute atomic E-state index is 0.221. The van der Waals surface area contributed by atoms with E-state index in [2.05, 4.69) is 4.98 Å². The topological polar surface area (TPSA) is 38.9 Å². The minimum Gasteiger partial charge on any atom is -0.320 e. The molecule has 0 aliphatic heterocycles. The van der Waals surface area contributed by atoms with E-state index in [0.717, 1.165) is 21.7 Å². The molecule has 3 heteroatoms. The van der Waals surface area contributed by atoms with E-state index >= 15 is 0 Å². The summed E-state index contributed by atoms with van der Waals surface area (Å²) >= 11 is 6.24. The van der Waals surface area contributed by atoms with Gasteiger partial charge in [0.15, 0.2) is 0 Å². The third-order valence-corrected chi connectivity index (χ3v) is 3.12. The third-order valence-electron chi connectivity index (χ3n) is 2.60. The van der Waals surface area contributed by atoms with E-state index in [1.807, 2.05) is 37.3 Å². The van der Waals surface area contributed by atoms with Crippen molar-refractivity contribution in [3.8, 4) is 0 Å². The highest BCUT2D eigenvalue weighted by Crippen LogP contribution is 2.28. The molecule has 82 valence electrons. The second kappa shape index (κ2) is 4.64. The van der Waals surface area contributed by atoms with Crippen LogP contribution in [0.1, 0.15) is 22.7 Å². The molecule has 0 radical (unpaired) electrons. The number of benzene rings is 1. The van der Waals surface area contributed by atoms with Crippen LogP contribution in [0.2, 0.25) is 5.02 Å². The molecule has 16 heavy (non-hydrogen) atoms. The molecule has 1 aromatic carbocycles. The average molecular weight is 233 g/mol. The van der Waals surface area contributed by atoms with Crippen molar-refractivity contribution in [2.24, 2.45) is 5.73 Å². The Morgan fingerprint density at radius 1 is 1.25 bits per heavy atom. The van der Waals surface area contributed by atoms with Crippen molar-refractivity contribution in [3.05, 3.63) is 64.4 Å². The molecule has 2 N–H and O–H groups in total. The van der Waals surface area contributed by atoms with Gasteiger partial charge < -0.3 is 5.73 Å². The first-order chi connectivity index (χ1) is 7.70. The van der Waals surface area contributed by atoms with Gasteiger partial charge in [-0.15, -0.1) is 0 Å². The Morgan fingerprint density at radius 2 is 2.06 bits per heavy atom. The Kier molecular flexibility index (Phi) is 3.22. The lowest BCUT2D eigenvalue weighted by Gasteiger charge is -2.14. The number of hydrogen-bond acceptors (Lipinski definition) is 2. The van der Waals surface area contributed by atoms with Gasteiger partial charge >= 0.3 is 0 Å². The maximum Gasteiger partial charge on any atom is 0.0581 e. The maximum atomic E-state index is 6.24. The molecule has 2 rings (SSSR count). The van der Waals surface area contributed by atoms with Crippen LogP contribution in [0.3, 0.4) is 0 Å². The molecule has 0 bridgehead atoms. The average Bonchev–Trinajstić information content (AvgIpc) is 2.33. The molecule has 0 amide bonds. The fourth-order valence-corrected chi connectivity index (χ4v) is 1.89. The van der Waals surface area contributed by atoms with E-state index in [-0.39, 0.29) is 6.04 Å². The molecule has 1 atom stereocenters. The first kappa shape index (κ1) is 11.1. The second-order valence-electron chi connectivity index (χ2n) is 3.74. The monoisotopic (exact) mass is 232 g/mol. The predicted molar refractivity (Wildman–Crippen MR) is 66.5 cm³/mol. The van der Waals surface area contributed by atoms with E-state index in [9.17, 15) is 0 Å². The summed E-state index contributed by atoms with van der Waals surface area (Å²) in [5, 5.41) is 0.735. The lowest BCUT2D eigenvalue weighted by atomic mass is 9.99. The summed E-state index contributed by atoms with van der Waals surface area (Å²) < 4.78 is 0. The van der Waals surface area contributed by atoms with Crippen LogP contribution in [-0.4, -0.2) is 4.98 Å². The van der Waals surface area contributed by atoms with E-state index in [4.69, 9.17) is 17.3 Å². The van der Waals surface area contributed by atoms with Gasteiger partial charge in [0.2, 0.25) is 0 Å². The number of hydrogen-bond donors (Lipinski definition) is 1. The summed E-state index contributed by atoms with van der Waals surface area (Å²) in [5.74, 6) is 0. The Morgan fingerprint density at radius 3 is 2.75 bits per heavy atom. The van der Waals surface area contributed by atoms with Gasteiger partial charge in [-0.3, -0.25) is 4.98 Å². The third kappa shape index (κ3) is 2.08. The highest BCUT2D eigenvalue weighted by atomic mass is 35.5. The van der Waals surface area contributed by atoms with Gasteiger partial charge in [-0.05, 0) is 29.7 Å². The number of nitrogens with two attached hydrogens (primary N) is 1. The minimum atomic E-state index is -0.221. The highest BCUT2D eigenvalue weighted by molar-refractivity contribution is 6.32. The molecular formula is C13H13ClN2. The normalized spacial score (nSPS) is 12.4. The van der Waals surface area contributed by atoms with Crippen LogP contribution in [-0.2, 0) is 0 Å². The molecule has 1 unspecified atom stereocenters. The SMILES string of the molecule is Cc1cccc(C(N)c2cccnc2)c1Cl. The first-order valence-corrected chi connectivity index (χ1v) is 5.48. The van der Waals surface area contributed by atoms with Crippen molar-refractivity contribution < 1.29 is 0 Å². The van der Waals surface area contributed by atoms with E-state index in [0.29, 0.717) is 0 Å². The highest BCUT2D eigenvalue weighted by Gasteiger charge is 2.13. The standard InChI is InChI=1S/C13H13ClN2/c1-9-4-2-6-11(12(9)14)13(15)10-5-3-7-16-8-10/h2-8,13H,15H2,1H3. The van der Waals surface area contributed by atoms with Crippen LogP contribution in [0.15, 0.2) is 42.7 Å². The van der Waals surface area contributed by atoms with Crippen LogP contribution in [0.5, 0.6) is 0 Å². The number of rotatable bonds is 2. The summed E-state index contributed by atoms with van der Waals surface area (Å²) in [6.07, 6.45) is 3.50. The number of nitrogens with zero attached hydrogens (tertiary/aromatic N) is 1. The van der Waals surface area contributed by atoms with Crippen LogP contribution < -0.4 is 5.73 Å². The van der Waals surface area contributed by atoms with Crippen LogP contribution in [0, 0.1) is 6.92 Å². The fourth-order valence-electron chi connectivity index (χ4n) is 1.65. The Bertz CT molecular complexity index is 483. The molecule has 0 aliphatic carbocycles. The van der Waals surface area contributed by atoms with Gasteiger partial charge in [-0.1, -0.05) is 35.9 Å². The van der Waals surface area contributed by atoms with Gasteiger partial charge in [-0.25, -0.2) is 0 Å². The molecular weight excluding hydrogens is 220 g/mol. The molecule has 2 aromatic rings. The van der Waals surface area contributed by atoms with Crippen LogP contribution >= 0.6 is 11.6 Å². The smallest absolute Gasteiger partial charge is 0.0581 e. The second-order valence-corrected chi connectivity index (χ2v) is 4.12. The number of aryl methyl sites for hydroxylation is 1. The summed E-state index contributed by atoms with van der Waals surface area (Å²) in [6, 6.07) is 9.50. The van der Waals surface area contributed by atoms with Crippen molar-refractivity contribution in [3.63, 3.8) is 0 Å². The van der Waals surface area contributed by atoms with E-state index < -0.39 is 0 Å². The Balaban J connectivity index is 2.42. The molecule has 1 heterocycles. The van der Waals surface area contributed by atoms with Crippen LogP contribution in [0.4, 0.5) is 0 Å². The number of pyridine rings is 1. The zero-order valence-corrected chi connectivity index (χ0v) is 9.78. The fraction of sp³-hybridized carbons (Fsp3) is 0.154. The summed E-state index contributed by atoms with van der Waals surface area (Å²) in [5.41, 5.74) is 9.11. The summed E-state index contributed by atoms with van der Waals surface area (Å²) in [4.78, 5) is 4.06. The maximum absolute atomic E-state index is 6.24. The van der Waals surface area contributed by atoms with Crippen molar-refractivity contribution in [1.29, 1.82) is 0 Å². The zero-order chi connectivity index (χ0) is 11.5. The predicted octanol–water partition coefficient (Wildman–Crippen LogP) is 3.09. The molecule has 0 spiro atoms. The Hall–Kier alpha value is -1.38. The zero-order valence-electron chi connectivity index (χ0n) is 9.02. The van der Waals surface area contributed by atoms with E-state index in [1.165, 1.54) is 0 Å². The molecule has 0 fully saturated rings. The van der Waals surface area contributed by atoms with Gasteiger partial charge in [0.05, 0.1) is 6.04 Å². The number of aromatic nitrogens is 1. The summed E-state index contributed by atoms with van der Waals surface area (Å²) in [7, 11) is 0. The van der Waals surface area contributed by atoms with Gasteiger partial charge in [0.1, 0.15) is 0 Å². The Labute approximate surface area is 100 Å². The van der Waals surface area contributed by atoms with Gasteiger partial charge in [0, 0.05) is 17.4 Å². The van der Waals surface area contributed by atoms with Crippen molar-refractivity contribution in [2.75, 3.05) is 0 Å². The van der Waals surface area contributed by atoms with Gasteiger partial charge in [-0.2, -0.15) is 0 Å². The molecule has 0 saturated heterocycles. The largest absolute Gasteiger partial charge is 0.320 e. The van der Waals surface area contributed by atoms with Crippen molar-refractivity contribution >= 4 is 11.6 Å². The van der Waals surface area contributed by atoms with Crippen LogP contribution in [0.25, 0.3) is 0 Å². The van der Waals surface area contributed by atoms with Crippen molar-refractivity contribution in [2.45, 2.75) is 13.0 Å². The first-order valence-electron chi connectivity index (χ1n) is 5.10. The lowest BCUT2D eigenvalue weighted by Crippen LogP contribution is -2.12. The van der Waals surface area contributed by atoms with Gasteiger partial charge in [0.25, 0.3) is 0 Å². The lowest BCUT2D eigenvalue weighted by molar-refractivity contribution is 0.862. The van der Waals surface area contributed by atoms with E-state index in [1.54, 1.807) is 12.4 Å². The molecule has 0 aliphatic rings. The molecule has 2 nitrogen and oxygen atoms in total. The quantitative estimate of drug-likeness (QED) is 0.864. The molecule has 0 saturated carbocycles. The molecule has 1 aromatic heterocycles. The number of halogens is 1. The van der Waals surface area contributed by atoms with Crippen molar-refractivity contribution in [1.82, 2.24) is 4.98 Å². The summed E-state index contributed by atoms with van der Waals surface area (Å²) in [6.45, 7) is 1.97.